The van der Waals surface area contributed by atoms with Gasteiger partial charge in [0, 0.05) is 29.2 Å². The normalized spacial score (nSPS) is 17.2. The van der Waals surface area contributed by atoms with Crippen LogP contribution in [0.15, 0.2) is 46.3 Å². The third kappa shape index (κ3) is 2.54. The Morgan fingerprint density at radius 3 is 2.12 bits per heavy atom. The van der Waals surface area contributed by atoms with Gasteiger partial charge in [0.05, 0.1) is 4.90 Å². The minimum Gasteiger partial charge on any atom is -0.348 e. The van der Waals surface area contributed by atoms with Crippen molar-refractivity contribution in [2.45, 2.75) is 29.1 Å². The summed E-state index contributed by atoms with van der Waals surface area (Å²) in [4.78, 5) is 0.663. The molecule has 0 fully saturated rings. The lowest BCUT2D eigenvalue weighted by molar-refractivity contribution is 0.482. The van der Waals surface area contributed by atoms with Crippen LogP contribution in [0, 0.1) is 0 Å². The standard InChI is InChI=1S/C16H17NO6S2/c1-9-16(2,3)15-12-7-10(24(18,19)20)8-14(25(21,22)23)11(12)5-6-13(15)17(9)4/h5-8H,1H2,2-4H3,(H,18,19,20)(H,21,22,23). The first kappa shape index (κ1) is 17.9. The van der Waals surface area contributed by atoms with Crippen LogP contribution in [0.5, 0.6) is 0 Å². The van der Waals surface area contributed by atoms with E-state index < -0.39 is 35.4 Å². The summed E-state index contributed by atoms with van der Waals surface area (Å²) in [6.07, 6.45) is 0. The van der Waals surface area contributed by atoms with Gasteiger partial charge >= 0.3 is 0 Å². The lowest BCUT2D eigenvalue weighted by Gasteiger charge is -2.23. The summed E-state index contributed by atoms with van der Waals surface area (Å²) in [5, 5.41) is 0.487. The van der Waals surface area contributed by atoms with Gasteiger partial charge in [0.25, 0.3) is 20.2 Å². The first-order chi connectivity index (χ1) is 11.3. The van der Waals surface area contributed by atoms with Crippen molar-refractivity contribution in [3.63, 3.8) is 0 Å². The number of fused-ring (bicyclic) bond motifs is 3. The van der Waals surface area contributed by atoms with Crippen molar-refractivity contribution in [2.75, 3.05) is 11.9 Å². The molecule has 1 heterocycles. The lowest BCUT2D eigenvalue weighted by atomic mass is 9.82. The SMILES string of the molecule is C=C1N(C)c2ccc3c(S(=O)(=O)O)cc(S(=O)(=O)O)cc3c2C1(C)C. The molecule has 25 heavy (non-hydrogen) atoms. The maximum atomic E-state index is 11.8. The molecule has 2 aromatic carbocycles. The summed E-state index contributed by atoms with van der Waals surface area (Å²) >= 11 is 0. The van der Waals surface area contributed by atoms with E-state index in [4.69, 9.17) is 0 Å². The first-order valence-electron chi connectivity index (χ1n) is 7.25. The van der Waals surface area contributed by atoms with Crippen LogP contribution in [0.4, 0.5) is 5.69 Å². The second kappa shape index (κ2) is 5.04. The molecule has 0 amide bonds. The monoisotopic (exact) mass is 383 g/mol. The van der Waals surface area contributed by atoms with Crippen LogP contribution >= 0.6 is 0 Å². The summed E-state index contributed by atoms with van der Waals surface area (Å²) in [6, 6.07) is 5.15. The Morgan fingerprint density at radius 1 is 1.00 bits per heavy atom. The molecule has 3 rings (SSSR count). The molecule has 0 bridgehead atoms. The molecule has 0 aliphatic carbocycles. The molecule has 9 heteroatoms. The number of likely N-dealkylation sites (N-methyl/N-ethyl adjacent to an activating group) is 1. The van der Waals surface area contributed by atoms with Crippen molar-refractivity contribution >= 4 is 36.7 Å². The van der Waals surface area contributed by atoms with Crippen molar-refractivity contribution in [1.82, 2.24) is 0 Å². The van der Waals surface area contributed by atoms with Crippen molar-refractivity contribution in [3.05, 3.63) is 42.1 Å². The Bertz CT molecular complexity index is 1150. The summed E-state index contributed by atoms with van der Waals surface area (Å²) in [5.74, 6) is 0. The van der Waals surface area contributed by atoms with E-state index in [1.165, 1.54) is 12.1 Å². The van der Waals surface area contributed by atoms with Gasteiger partial charge in [0.15, 0.2) is 0 Å². The number of hydrogen-bond donors (Lipinski definition) is 2. The average molecular weight is 383 g/mol. The Kier molecular flexibility index (Phi) is 3.60. The Hall–Kier alpha value is -1.94. The number of allylic oxidation sites excluding steroid dienone is 1. The molecule has 0 unspecified atom stereocenters. The molecular formula is C16H17NO6S2. The quantitative estimate of drug-likeness (QED) is 0.767. The minimum atomic E-state index is -4.71. The van der Waals surface area contributed by atoms with Crippen molar-refractivity contribution in [2.24, 2.45) is 0 Å². The zero-order valence-corrected chi connectivity index (χ0v) is 15.4. The van der Waals surface area contributed by atoms with Crippen LogP contribution in [0.3, 0.4) is 0 Å². The van der Waals surface area contributed by atoms with Crippen molar-refractivity contribution in [1.29, 1.82) is 0 Å². The summed E-state index contributed by atoms with van der Waals surface area (Å²) in [6.45, 7) is 7.80. The first-order valence-corrected chi connectivity index (χ1v) is 10.1. The second-order valence-corrected chi connectivity index (χ2v) is 9.37. The van der Waals surface area contributed by atoms with Gasteiger partial charge < -0.3 is 4.90 Å². The number of nitrogens with zero attached hydrogens (tertiary/aromatic N) is 1. The highest BCUT2D eigenvalue weighted by molar-refractivity contribution is 7.86. The van der Waals surface area contributed by atoms with E-state index in [0.717, 1.165) is 17.5 Å². The summed E-state index contributed by atoms with van der Waals surface area (Å²) < 4.78 is 65.6. The van der Waals surface area contributed by atoms with E-state index in [1.54, 1.807) is 13.1 Å². The van der Waals surface area contributed by atoms with Gasteiger partial charge in [0.2, 0.25) is 0 Å². The maximum absolute atomic E-state index is 11.8. The molecule has 2 aromatic rings. The van der Waals surface area contributed by atoms with E-state index in [0.29, 0.717) is 10.9 Å². The number of benzene rings is 2. The fourth-order valence-corrected chi connectivity index (χ4v) is 4.71. The fourth-order valence-electron chi connectivity index (χ4n) is 3.37. The molecule has 0 aromatic heterocycles. The highest BCUT2D eigenvalue weighted by atomic mass is 32.2. The van der Waals surface area contributed by atoms with Gasteiger partial charge in [-0.1, -0.05) is 26.5 Å². The maximum Gasteiger partial charge on any atom is 0.295 e. The smallest absolute Gasteiger partial charge is 0.295 e. The van der Waals surface area contributed by atoms with Crippen LogP contribution in [-0.2, 0) is 25.7 Å². The van der Waals surface area contributed by atoms with E-state index in [1.807, 2.05) is 18.7 Å². The predicted octanol–water partition coefficient (Wildman–Crippen LogP) is 2.57. The predicted molar refractivity (Wildman–Crippen MR) is 94.1 cm³/mol. The van der Waals surface area contributed by atoms with Crippen LogP contribution in [0.25, 0.3) is 10.8 Å². The fraction of sp³-hybridized carbons (Fsp3) is 0.250. The molecular weight excluding hydrogens is 366 g/mol. The number of hydrogen-bond acceptors (Lipinski definition) is 5. The molecule has 1 aliphatic rings. The molecule has 2 N–H and O–H groups in total. The molecule has 1 aliphatic heterocycles. The number of anilines is 1. The van der Waals surface area contributed by atoms with Crippen molar-refractivity contribution < 1.29 is 25.9 Å². The van der Waals surface area contributed by atoms with Crippen LogP contribution in [-0.4, -0.2) is 33.0 Å². The third-order valence-electron chi connectivity index (χ3n) is 4.74. The van der Waals surface area contributed by atoms with Crippen LogP contribution in [0.2, 0.25) is 0 Å². The van der Waals surface area contributed by atoms with E-state index >= 15 is 0 Å². The van der Waals surface area contributed by atoms with Crippen LogP contribution < -0.4 is 4.90 Å². The Labute approximate surface area is 146 Å². The number of rotatable bonds is 2. The molecule has 0 saturated carbocycles. The van der Waals surface area contributed by atoms with Crippen LogP contribution in [0.1, 0.15) is 19.4 Å². The second-order valence-electron chi connectivity index (χ2n) is 6.56. The van der Waals surface area contributed by atoms with E-state index in [2.05, 4.69) is 6.58 Å². The molecule has 0 spiro atoms. The molecule has 0 atom stereocenters. The molecule has 0 radical (unpaired) electrons. The van der Waals surface area contributed by atoms with Gasteiger partial charge in [-0.2, -0.15) is 16.8 Å². The zero-order valence-electron chi connectivity index (χ0n) is 13.8. The third-order valence-corrected chi connectivity index (χ3v) is 6.46. The topological polar surface area (TPSA) is 112 Å². The zero-order chi connectivity index (χ0) is 18.9. The molecule has 7 nitrogen and oxygen atoms in total. The van der Waals surface area contributed by atoms with Gasteiger partial charge in [-0.25, -0.2) is 0 Å². The van der Waals surface area contributed by atoms with Gasteiger partial charge in [-0.15, -0.1) is 0 Å². The van der Waals surface area contributed by atoms with Gasteiger partial charge in [0.1, 0.15) is 4.90 Å². The summed E-state index contributed by atoms with van der Waals surface area (Å²) in [7, 11) is -7.57. The summed E-state index contributed by atoms with van der Waals surface area (Å²) in [5.41, 5.74) is 1.57. The molecule has 0 saturated heterocycles. The van der Waals surface area contributed by atoms with E-state index in [9.17, 15) is 25.9 Å². The molecule has 134 valence electrons. The highest BCUT2D eigenvalue weighted by Gasteiger charge is 2.39. The van der Waals surface area contributed by atoms with Gasteiger partial charge in [-0.05, 0) is 29.1 Å². The minimum absolute atomic E-state index is 0.171. The van der Waals surface area contributed by atoms with Gasteiger partial charge in [-0.3, -0.25) is 9.11 Å². The lowest BCUT2D eigenvalue weighted by Crippen LogP contribution is -2.21. The largest absolute Gasteiger partial charge is 0.348 e. The average Bonchev–Trinajstić information content (AvgIpc) is 2.65. The van der Waals surface area contributed by atoms with E-state index in [-0.39, 0.29) is 5.39 Å². The Balaban J connectivity index is 2.60. The highest BCUT2D eigenvalue weighted by Crippen LogP contribution is 2.50. The van der Waals surface area contributed by atoms with Crippen molar-refractivity contribution in [3.8, 4) is 0 Å². The Morgan fingerprint density at radius 2 is 1.60 bits per heavy atom.